The Morgan fingerprint density at radius 3 is 2.82 bits per heavy atom. The number of nitrogens with zero attached hydrogens (tertiary/aromatic N) is 2. The molecule has 0 unspecified atom stereocenters. The van der Waals surface area contributed by atoms with E-state index in [1.54, 1.807) is 35.1 Å². The van der Waals surface area contributed by atoms with E-state index >= 15 is 0 Å². The summed E-state index contributed by atoms with van der Waals surface area (Å²) in [6, 6.07) is 9.87. The van der Waals surface area contributed by atoms with Gasteiger partial charge in [-0.25, -0.2) is 8.78 Å². The molecule has 0 aliphatic rings. The van der Waals surface area contributed by atoms with Crippen LogP contribution >= 0.6 is 11.6 Å². The van der Waals surface area contributed by atoms with Crippen LogP contribution in [0, 0.1) is 11.6 Å². The van der Waals surface area contributed by atoms with E-state index in [4.69, 9.17) is 16.3 Å². The Morgan fingerprint density at radius 2 is 2.07 bits per heavy atom. The lowest BCUT2D eigenvalue weighted by molar-refractivity contribution is 0.0949. The first-order chi connectivity index (χ1) is 13.5. The maximum Gasteiger partial charge on any atom is 0.251 e. The molecule has 1 heterocycles. The number of benzene rings is 2. The van der Waals surface area contributed by atoms with Gasteiger partial charge in [-0.2, -0.15) is 5.10 Å². The van der Waals surface area contributed by atoms with Crippen molar-refractivity contribution >= 4 is 17.5 Å². The van der Waals surface area contributed by atoms with Crippen molar-refractivity contribution in [3.05, 3.63) is 82.1 Å². The lowest BCUT2D eigenvalue weighted by atomic mass is 10.1. The number of rotatable bonds is 7. The molecule has 146 valence electrons. The van der Waals surface area contributed by atoms with Crippen LogP contribution in [0.2, 0.25) is 5.02 Å². The van der Waals surface area contributed by atoms with Crippen LogP contribution < -0.4 is 10.1 Å². The zero-order valence-electron chi connectivity index (χ0n) is 15.1. The van der Waals surface area contributed by atoms with Crippen LogP contribution in [0.1, 0.15) is 28.5 Å². The highest BCUT2D eigenvalue weighted by Crippen LogP contribution is 2.19. The van der Waals surface area contributed by atoms with Crippen LogP contribution in [0.4, 0.5) is 8.78 Å². The van der Waals surface area contributed by atoms with Crippen LogP contribution in [0.25, 0.3) is 0 Å². The second-order valence-corrected chi connectivity index (χ2v) is 6.41. The molecule has 0 saturated carbocycles. The molecule has 1 amide bonds. The molecule has 28 heavy (non-hydrogen) atoms. The Kier molecular flexibility index (Phi) is 6.26. The van der Waals surface area contributed by atoms with E-state index < -0.39 is 11.6 Å². The van der Waals surface area contributed by atoms with Gasteiger partial charge >= 0.3 is 0 Å². The zero-order chi connectivity index (χ0) is 20.1. The number of amides is 1. The van der Waals surface area contributed by atoms with Gasteiger partial charge in [-0.05, 0) is 36.8 Å². The number of aromatic nitrogens is 2. The smallest absolute Gasteiger partial charge is 0.251 e. The summed E-state index contributed by atoms with van der Waals surface area (Å²) in [5, 5.41) is 7.43. The van der Waals surface area contributed by atoms with Crippen molar-refractivity contribution < 1.29 is 18.3 Å². The minimum atomic E-state index is -0.779. The molecule has 5 nitrogen and oxygen atoms in total. The number of nitrogens with one attached hydrogen (secondary N) is 1. The van der Waals surface area contributed by atoms with Gasteiger partial charge in [-0.15, -0.1) is 0 Å². The molecular weight excluding hydrogens is 388 g/mol. The van der Waals surface area contributed by atoms with Crippen LogP contribution in [-0.4, -0.2) is 15.7 Å². The quantitative estimate of drug-likeness (QED) is 0.636. The predicted octanol–water partition coefficient (Wildman–Crippen LogP) is 4.34. The Balaban J connectivity index is 1.63. The van der Waals surface area contributed by atoms with Crippen molar-refractivity contribution in [1.29, 1.82) is 0 Å². The number of hydrogen-bond donors (Lipinski definition) is 1. The van der Waals surface area contributed by atoms with Gasteiger partial charge in [0.1, 0.15) is 12.4 Å². The minimum absolute atomic E-state index is 0.0398. The molecule has 0 aliphatic heterocycles. The Labute approximate surface area is 165 Å². The number of aryl methyl sites for hydroxylation is 1. The number of hydrogen-bond acceptors (Lipinski definition) is 3. The SMILES string of the molecule is CCn1ncc(Cl)c1CNC(=O)c1cccc(COc2ccc(F)cc2F)c1. The molecule has 0 saturated heterocycles. The second-order valence-electron chi connectivity index (χ2n) is 6.00. The number of carbonyl (C=O) groups is 1. The molecule has 0 atom stereocenters. The summed E-state index contributed by atoms with van der Waals surface area (Å²) in [5.41, 5.74) is 1.83. The fraction of sp³-hybridized carbons (Fsp3) is 0.200. The van der Waals surface area contributed by atoms with Crippen molar-refractivity contribution in [3.8, 4) is 5.75 Å². The first kappa shape index (κ1) is 19.8. The normalized spacial score (nSPS) is 10.7. The minimum Gasteiger partial charge on any atom is -0.486 e. The summed E-state index contributed by atoms with van der Waals surface area (Å²) >= 11 is 6.10. The fourth-order valence-electron chi connectivity index (χ4n) is 2.66. The van der Waals surface area contributed by atoms with E-state index in [-0.39, 0.29) is 24.8 Å². The summed E-state index contributed by atoms with van der Waals surface area (Å²) in [6.07, 6.45) is 1.54. The van der Waals surface area contributed by atoms with Crippen molar-refractivity contribution in [3.63, 3.8) is 0 Å². The average molecular weight is 406 g/mol. The van der Waals surface area contributed by atoms with Gasteiger partial charge in [0.25, 0.3) is 5.91 Å². The van der Waals surface area contributed by atoms with Gasteiger partial charge < -0.3 is 10.1 Å². The topological polar surface area (TPSA) is 56.2 Å². The molecule has 3 rings (SSSR count). The summed E-state index contributed by atoms with van der Waals surface area (Å²) in [7, 11) is 0. The standard InChI is InChI=1S/C20H18ClF2N3O2/c1-2-26-18(16(21)10-25-26)11-24-20(27)14-5-3-4-13(8-14)12-28-19-7-6-15(22)9-17(19)23/h3-10H,2,11-12H2,1H3,(H,24,27). The van der Waals surface area contributed by atoms with Crippen LogP contribution in [0.3, 0.4) is 0 Å². The van der Waals surface area contributed by atoms with Crippen molar-refractivity contribution in [2.45, 2.75) is 26.6 Å². The van der Waals surface area contributed by atoms with Gasteiger partial charge in [0.2, 0.25) is 0 Å². The molecule has 0 fully saturated rings. The maximum absolute atomic E-state index is 13.6. The summed E-state index contributed by atoms with van der Waals surface area (Å²) < 4.78 is 33.7. The zero-order valence-corrected chi connectivity index (χ0v) is 15.8. The molecule has 1 N–H and O–H groups in total. The van der Waals surface area contributed by atoms with E-state index in [1.807, 2.05) is 6.92 Å². The third kappa shape index (κ3) is 4.67. The molecule has 1 aromatic heterocycles. The van der Waals surface area contributed by atoms with Crippen LogP contribution in [0.5, 0.6) is 5.75 Å². The van der Waals surface area contributed by atoms with Gasteiger partial charge in [0.05, 0.1) is 23.5 Å². The maximum atomic E-state index is 13.6. The molecular formula is C20H18ClF2N3O2. The Bertz CT molecular complexity index is 991. The van der Waals surface area contributed by atoms with Gasteiger partial charge in [-0.1, -0.05) is 23.7 Å². The first-order valence-corrected chi connectivity index (χ1v) is 9.01. The summed E-state index contributed by atoms with van der Waals surface area (Å²) in [4.78, 5) is 12.4. The predicted molar refractivity (Wildman–Crippen MR) is 101 cm³/mol. The van der Waals surface area contributed by atoms with E-state index in [2.05, 4.69) is 10.4 Å². The highest BCUT2D eigenvalue weighted by molar-refractivity contribution is 6.31. The lowest BCUT2D eigenvalue weighted by Crippen LogP contribution is -2.24. The van der Waals surface area contributed by atoms with E-state index in [0.29, 0.717) is 22.7 Å². The number of halogens is 3. The van der Waals surface area contributed by atoms with Crippen LogP contribution in [0.15, 0.2) is 48.7 Å². The number of ether oxygens (including phenoxy) is 1. The fourth-order valence-corrected chi connectivity index (χ4v) is 2.87. The first-order valence-electron chi connectivity index (χ1n) is 8.63. The molecule has 0 aliphatic carbocycles. The molecule has 3 aromatic rings. The number of carbonyl (C=O) groups excluding carboxylic acids is 1. The summed E-state index contributed by atoms with van der Waals surface area (Å²) in [6.45, 7) is 2.86. The summed E-state index contributed by atoms with van der Waals surface area (Å²) in [5.74, 6) is -1.79. The average Bonchev–Trinajstić information content (AvgIpc) is 3.05. The highest BCUT2D eigenvalue weighted by Gasteiger charge is 2.12. The van der Waals surface area contributed by atoms with Crippen LogP contribution in [-0.2, 0) is 19.7 Å². The van der Waals surface area contributed by atoms with Crippen molar-refractivity contribution in [2.75, 3.05) is 0 Å². The van der Waals surface area contributed by atoms with Crippen molar-refractivity contribution in [1.82, 2.24) is 15.1 Å². The van der Waals surface area contributed by atoms with E-state index in [0.717, 1.165) is 17.8 Å². The molecule has 2 aromatic carbocycles. The van der Waals surface area contributed by atoms with Gasteiger partial charge in [0, 0.05) is 18.2 Å². The molecule has 0 spiro atoms. The Morgan fingerprint density at radius 1 is 1.25 bits per heavy atom. The van der Waals surface area contributed by atoms with E-state index in [9.17, 15) is 13.6 Å². The molecule has 0 bridgehead atoms. The third-order valence-corrected chi connectivity index (χ3v) is 4.41. The van der Waals surface area contributed by atoms with Crippen molar-refractivity contribution in [2.24, 2.45) is 0 Å². The largest absolute Gasteiger partial charge is 0.486 e. The van der Waals surface area contributed by atoms with Gasteiger partial charge in [0.15, 0.2) is 11.6 Å². The molecule has 8 heteroatoms. The monoisotopic (exact) mass is 405 g/mol. The Hall–Kier alpha value is -2.93. The molecule has 0 radical (unpaired) electrons. The van der Waals surface area contributed by atoms with Gasteiger partial charge in [-0.3, -0.25) is 9.48 Å². The second kappa shape index (κ2) is 8.84. The highest BCUT2D eigenvalue weighted by atomic mass is 35.5. The lowest BCUT2D eigenvalue weighted by Gasteiger charge is -2.10. The third-order valence-electron chi connectivity index (χ3n) is 4.09. The van der Waals surface area contributed by atoms with E-state index in [1.165, 1.54) is 6.07 Å².